The number of aryl methyl sites for hydroxylation is 1. The van der Waals surface area contributed by atoms with Gasteiger partial charge in [-0.05, 0) is 70.4 Å². The van der Waals surface area contributed by atoms with Crippen LogP contribution in [0, 0.1) is 6.92 Å². The van der Waals surface area contributed by atoms with E-state index >= 15 is 0 Å². The van der Waals surface area contributed by atoms with Gasteiger partial charge in [0.2, 0.25) is 0 Å². The molecule has 1 aliphatic carbocycles. The molecule has 0 saturated heterocycles. The Labute approximate surface area is 138 Å². The van der Waals surface area contributed by atoms with Crippen LogP contribution in [0.5, 0.6) is 0 Å². The molecule has 112 valence electrons. The van der Waals surface area contributed by atoms with Crippen molar-refractivity contribution < 1.29 is 0 Å². The monoisotopic (exact) mass is 365 g/mol. The van der Waals surface area contributed by atoms with Crippen LogP contribution in [0.25, 0.3) is 0 Å². The van der Waals surface area contributed by atoms with Crippen LogP contribution in [0.3, 0.4) is 0 Å². The molecule has 0 radical (unpaired) electrons. The van der Waals surface area contributed by atoms with Gasteiger partial charge in [-0.2, -0.15) is 0 Å². The van der Waals surface area contributed by atoms with Crippen LogP contribution in [0.4, 0.5) is 5.82 Å². The summed E-state index contributed by atoms with van der Waals surface area (Å²) in [6.45, 7) is 3.89. The fourth-order valence-corrected chi connectivity index (χ4v) is 3.55. The summed E-state index contributed by atoms with van der Waals surface area (Å²) in [5.74, 6) is 1.05. The van der Waals surface area contributed by atoms with Crippen molar-refractivity contribution in [1.29, 1.82) is 0 Å². The second kappa shape index (κ2) is 6.46. The molecule has 1 aliphatic rings. The summed E-state index contributed by atoms with van der Waals surface area (Å²) >= 11 is 5.24. The lowest BCUT2D eigenvalue weighted by Crippen LogP contribution is -2.19. The minimum atomic E-state index is 0.739. The van der Waals surface area contributed by atoms with Gasteiger partial charge in [-0.1, -0.05) is 0 Å². The van der Waals surface area contributed by atoms with Gasteiger partial charge in [0, 0.05) is 31.9 Å². The SMILES string of the molecule is Cc1cc(CNC2CC2)cc(N(C)Cc2csc(Br)c2)n1. The molecular formula is C16H20BrN3S. The highest BCUT2D eigenvalue weighted by Gasteiger charge is 2.20. The summed E-state index contributed by atoms with van der Waals surface area (Å²) in [5.41, 5.74) is 3.72. The topological polar surface area (TPSA) is 28.2 Å². The zero-order valence-corrected chi connectivity index (χ0v) is 14.8. The molecule has 1 saturated carbocycles. The maximum absolute atomic E-state index is 4.67. The first kappa shape index (κ1) is 15.0. The molecule has 0 amide bonds. The van der Waals surface area contributed by atoms with Gasteiger partial charge >= 0.3 is 0 Å². The Morgan fingerprint density at radius 1 is 1.33 bits per heavy atom. The van der Waals surface area contributed by atoms with Crippen LogP contribution < -0.4 is 10.2 Å². The van der Waals surface area contributed by atoms with E-state index in [2.05, 4.69) is 68.7 Å². The van der Waals surface area contributed by atoms with Crippen LogP contribution in [0.15, 0.2) is 27.4 Å². The molecule has 2 heterocycles. The number of hydrogen-bond acceptors (Lipinski definition) is 4. The third-order valence-electron chi connectivity index (χ3n) is 3.60. The van der Waals surface area contributed by atoms with Crippen molar-refractivity contribution in [3.63, 3.8) is 0 Å². The van der Waals surface area contributed by atoms with Crippen LogP contribution in [-0.4, -0.2) is 18.1 Å². The summed E-state index contributed by atoms with van der Waals surface area (Å²) in [7, 11) is 2.10. The second-order valence-electron chi connectivity index (χ2n) is 5.75. The van der Waals surface area contributed by atoms with Crippen molar-refractivity contribution >= 4 is 33.1 Å². The van der Waals surface area contributed by atoms with Crippen molar-refractivity contribution in [2.24, 2.45) is 0 Å². The van der Waals surface area contributed by atoms with Crippen LogP contribution in [0.1, 0.15) is 29.7 Å². The Hall–Kier alpha value is -0.910. The third-order valence-corrected chi connectivity index (χ3v) is 5.16. The number of hydrogen-bond donors (Lipinski definition) is 1. The van der Waals surface area contributed by atoms with Gasteiger partial charge in [0.05, 0.1) is 3.79 Å². The molecule has 2 aromatic heterocycles. The average molecular weight is 366 g/mol. The van der Waals surface area contributed by atoms with Gasteiger partial charge in [-0.3, -0.25) is 0 Å². The second-order valence-corrected chi connectivity index (χ2v) is 8.04. The summed E-state index contributed by atoms with van der Waals surface area (Å²) < 4.78 is 1.18. The van der Waals surface area contributed by atoms with Crippen molar-refractivity contribution in [3.05, 3.63) is 44.2 Å². The number of nitrogens with zero attached hydrogens (tertiary/aromatic N) is 2. The Morgan fingerprint density at radius 2 is 2.14 bits per heavy atom. The minimum absolute atomic E-state index is 0.739. The molecule has 0 unspecified atom stereocenters. The van der Waals surface area contributed by atoms with Crippen LogP contribution in [-0.2, 0) is 13.1 Å². The highest BCUT2D eigenvalue weighted by Crippen LogP contribution is 2.24. The van der Waals surface area contributed by atoms with E-state index in [0.29, 0.717) is 0 Å². The first-order valence-electron chi connectivity index (χ1n) is 7.25. The first-order chi connectivity index (χ1) is 10.1. The molecular weight excluding hydrogens is 346 g/mol. The third kappa shape index (κ3) is 4.28. The van der Waals surface area contributed by atoms with Gasteiger partial charge in [-0.25, -0.2) is 4.98 Å². The summed E-state index contributed by atoms with van der Waals surface area (Å²) in [6.07, 6.45) is 2.65. The summed E-state index contributed by atoms with van der Waals surface area (Å²) in [5, 5.41) is 5.75. The number of rotatable bonds is 6. The lowest BCUT2D eigenvalue weighted by Gasteiger charge is -2.19. The zero-order chi connectivity index (χ0) is 14.8. The molecule has 0 aliphatic heterocycles. The highest BCUT2D eigenvalue weighted by atomic mass is 79.9. The van der Waals surface area contributed by atoms with E-state index in [1.807, 2.05) is 0 Å². The number of thiophene rings is 1. The lowest BCUT2D eigenvalue weighted by atomic mass is 10.2. The molecule has 0 atom stereocenters. The minimum Gasteiger partial charge on any atom is -0.355 e. The van der Waals surface area contributed by atoms with Crippen molar-refractivity contribution in [1.82, 2.24) is 10.3 Å². The number of aromatic nitrogens is 1. The van der Waals surface area contributed by atoms with E-state index in [1.165, 1.54) is 27.8 Å². The largest absolute Gasteiger partial charge is 0.355 e. The molecule has 5 heteroatoms. The van der Waals surface area contributed by atoms with E-state index in [1.54, 1.807) is 11.3 Å². The Balaban J connectivity index is 1.70. The number of halogens is 1. The average Bonchev–Trinajstić information content (AvgIpc) is 3.19. The fraction of sp³-hybridized carbons (Fsp3) is 0.438. The molecule has 21 heavy (non-hydrogen) atoms. The zero-order valence-electron chi connectivity index (χ0n) is 12.4. The molecule has 2 aromatic rings. The number of pyridine rings is 1. The molecule has 1 fully saturated rings. The molecule has 1 N–H and O–H groups in total. The summed E-state index contributed by atoms with van der Waals surface area (Å²) in [6, 6.07) is 7.28. The van der Waals surface area contributed by atoms with E-state index < -0.39 is 0 Å². The molecule has 3 rings (SSSR count). The van der Waals surface area contributed by atoms with Crippen molar-refractivity contribution in [2.45, 2.75) is 38.9 Å². The Morgan fingerprint density at radius 3 is 2.81 bits per heavy atom. The smallest absolute Gasteiger partial charge is 0.129 e. The molecule has 0 aromatic carbocycles. The fourth-order valence-electron chi connectivity index (χ4n) is 2.35. The van der Waals surface area contributed by atoms with Crippen LogP contribution >= 0.6 is 27.3 Å². The van der Waals surface area contributed by atoms with E-state index in [-0.39, 0.29) is 0 Å². The van der Waals surface area contributed by atoms with E-state index in [0.717, 1.165) is 30.6 Å². The van der Waals surface area contributed by atoms with Gasteiger partial charge in [-0.15, -0.1) is 11.3 Å². The maximum atomic E-state index is 4.67. The quantitative estimate of drug-likeness (QED) is 0.834. The standard InChI is InChI=1S/C16H20BrN3S/c1-11-5-12(8-18-14-3-4-14)7-16(19-11)20(2)9-13-6-15(17)21-10-13/h5-7,10,14,18H,3-4,8-9H2,1-2H3. The van der Waals surface area contributed by atoms with E-state index in [9.17, 15) is 0 Å². The molecule has 3 nitrogen and oxygen atoms in total. The highest BCUT2D eigenvalue weighted by molar-refractivity contribution is 9.11. The number of anilines is 1. The lowest BCUT2D eigenvalue weighted by molar-refractivity contribution is 0.686. The first-order valence-corrected chi connectivity index (χ1v) is 8.92. The molecule has 0 spiro atoms. The molecule has 0 bridgehead atoms. The van der Waals surface area contributed by atoms with Gasteiger partial charge in [0.25, 0.3) is 0 Å². The maximum Gasteiger partial charge on any atom is 0.129 e. The van der Waals surface area contributed by atoms with Gasteiger partial charge in [0.1, 0.15) is 5.82 Å². The Bertz CT molecular complexity index is 622. The Kier molecular flexibility index (Phi) is 4.62. The predicted molar refractivity (Wildman–Crippen MR) is 93.0 cm³/mol. The number of nitrogens with one attached hydrogen (secondary N) is 1. The summed E-state index contributed by atoms with van der Waals surface area (Å²) in [4.78, 5) is 6.88. The van der Waals surface area contributed by atoms with Crippen molar-refractivity contribution in [2.75, 3.05) is 11.9 Å². The predicted octanol–water partition coefficient (Wildman–Crippen LogP) is 4.10. The van der Waals surface area contributed by atoms with Gasteiger partial charge in [0.15, 0.2) is 0 Å². The van der Waals surface area contributed by atoms with E-state index in [4.69, 9.17) is 0 Å². The van der Waals surface area contributed by atoms with Gasteiger partial charge < -0.3 is 10.2 Å². The normalized spacial score (nSPS) is 14.4. The van der Waals surface area contributed by atoms with Crippen molar-refractivity contribution in [3.8, 4) is 0 Å². The van der Waals surface area contributed by atoms with Crippen LogP contribution in [0.2, 0.25) is 0 Å².